The van der Waals surface area contributed by atoms with Crippen LogP contribution in [0.2, 0.25) is 5.02 Å². The number of aromatic nitrogens is 2. The highest BCUT2D eigenvalue weighted by Gasteiger charge is 2.24. The fourth-order valence-corrected chi connectivity index (χ4v) is 2.77. The van der Waals surface area contributed by atoms with Gasteiger partial charge in [0.25, 0.3) is 5.91 Å². The van der Waals surface area contributed by atoms with Crippen molar-refractivity contribution in [2.24, 2.45) is 5.92 Å². The van der Waals surface area contributed by atoms with Crippen molar-refractivity contribution in [1.29, 1.82) is 0 Å². The molecule has 0 aliphatic carbocycles. The van der Waals surface area contributed by atoms with Crippen LogP contribution in [0.5, 0.6) is 0 Å². The van der Waals surface area contributed by atoms with Crippen molar-refractivity contribution in [3.8, 4) is 0 Å². The van der Waals surface area contributed by atoms with E-state index in [4.69, 9.17) is 11.6 Å². The van der Waals surface area contributed by atoms with Gasteiger partial charge in [-0.2, -0.15) is 0 Å². The second-order valence-electron chi connectivity index (χ2n) is 4.76. The second-order valence-corrected chi connectivity index (χ2v) is 6.40. The Kier molecular flexibility index (Phi) is 5.05. The molecule has 1 aliphatic heterocycles. The van der Waals surface area contributed by atoms with E-state index in [1.54, 1.807) is 0 Å². The van der Waals surface area contributed by atoms with E-state index < -0.39 is 0 Å². The fraction of sp³-hybridized carbons (Fsp3) is 0.615. The first-order chi connectivity index (χ1) is 9.11. The van der Waals surface area contributed by atoms with Crippen molar-refractivity contribution in [3.63, 3.8) is 0 Å². The molecule has 4 nitrogen and oxygen atoms in total. The van der Waals surface area contributed by atoms with Crippen LogP contribution in [0, 0.1) is 5.92 Å². The Labute approximate surface area is 122 Å². The largest absolute Gasteiger partial charge is 0.337 e. The smallest absolute Gasteiger partial charge is 0.274 e. The zero-order valence-electron chi connectivity index (χ0n) is 11.2. The molecule has 1 amide bonds. The molecule has 0 spiro atoms. The highest BCUT2D eigenvalue weighted by Crippen LogP contribution is 2.22. The number of carbonyl (C=O) groups excluding carboxylic acids is 1. The Morgan fingerprint density at radius 1 is 1.53 bits per heavy atom. The number of thioether (sulfide) groups is 1. The van der Waals surface area contributed by atoms with Gasteiger partial charge in [-0.1, -0.05) is 37.2 Å². The summed E-state index contributed by atoms with van der Waals surface area (Å²) < 4.78 is 0. The average molecular weight is 300 g/mol. The summed E-state index contributed by atoms with van der Waals surface area (Å²) in [4.78, 5) is 22.7. The number of carbonyl (C=O) groups is 1. The van der Waals surface area contributed by atoms with E-state index in [0.717, 1.165) is 31.7 Å². The van der Waals surface area contributed by atoms with Gasteiger partial charge in [0.2, 0.25) is 0 Å². The van der Waals surface area contributed by atoms with Crippen LogP contribution in [0.1, 0.15) is 37.2 Å². The predicted octanol–water partition coefficient (Wildman–Crippen LogP) is 3.11. The maximum atomic E-state index is 12.4. The van der Waals surface area contributed by atoms with Crippen LogP contribution in [0.25, 0.3) is 0 Å². The van der Waals surface area contributed by atoms with Gasteiger partial charge >= 0.3 is 0 Å². The Morgan fingerprint density at radius 2 is 2.21 bits per heavy atom. The van der Waals surface area contributed by atoms with E-state index >= 15 is 0 Å². The van der Waals surface area contributed by atoms with Gasteiger partial charge in [0, 0.05) is 13.1 Å². The molecule has 2 heterocycles. The summed E-state index contributed by atoms with van der Waals surface area (Å²) in [5.74, 6) is 1.49. The van der Waals surface area contributed by atoms with Gasteiger partial charge in [-0.15, -0.1) is 0 Å². The summed E-state index contributed by atoms with van der Waals surface area (Å²) in [6.07, 6.45) is 3.61. The Bertz CT molecular complexity index is 461. The minimum Gasteiger partial charge on any atom is -0.337 e. The number of likely N-dealkylation sites (tertiary alicyclic amines) is 1. The molecule has 104 valence electrons. The molecule has 0 N–H and O–H groups in total. The van der Waals surface area contributed by atoms with Gasteiger partial charge in [-0.25, -0.2) is 9.97 Å². The summed E-state index contributed by atoms with van der Waals surface area (Å²) in [5, 5.41) is 0.949. The molecule has 0 atom stereocenters. The first-order valence-corrected chi connectivity index (χ1v) is 7.92. The van der Waals surface area contributed by atoms with Crippen LogP contribution in [0.15, 0.2) is 11.4 Å². The van der Waals surface area contributed by atoms with Crippen molar-refractivity contribution < 1.29 is 4.79 Å². The van der Waals surface area contributed by atoms with Crippen LogP contribution in [-0.2, 0) is 0 Å². The van der Waals surface area contributed by atoms with Crippen molar-refractivity contribution in [3.05, 3.63) is 16.9 Å². The molecule has 1 aliphatic rings. The lowest BCUT2D eigenvalue weighted by molar-refractivity contribution is 0.0690. The highest BCUT2D eigenvalue weighted by atomic mass is 35.5. The number of rotatable bonds is 3. The van der Waals surface area contributed by atoms with E-state index in [1.165, 1.54) is 18.0 Å². The molecule has 19 heavy (non-hydrogen) atoms. The first-order valence-electron chi connectivity index (χ1n) is 6.56. The summed E-state index contributed by atoms with van der Waals surface area (Å²) in [5.41, 5.74) is 0.335. The molecule has 0 radical (unpaired) electrons. The second kappa shape index (κ2) is 6.57. The molecular formula is C13H18ClN3OS. The molecule has 1 fully saturated rings. The van der Waals surface area contributed by atoms with Crippen LogP contribution >= 0.6 is 23.4 Å². The van der Waals surface area contributed by atoms with Gasteiger partial charge in [0.05, 0.1) is 11.2 Å². The fourth-order valence-electron chi connectivity index (χ4n) is 2.06. The normalized spacial score (nSPS) is 16.7. The van der Waals surface area contributed by atoms with Gasteiger partial charge in [-0.05, 0) is 24.5 Å². The summed E-state index contributed by atoms with van der Waals surface area (Å²) >= 11 is 7.57. The number of hydrogen-bond acceptors (Lipinski definition) is 4. The summed E-state index contributed by atoms with van der Waals surface area (Å²) in [7, 11) is 0. The molecule has 6 heteroatoms. The summed E-state index contributed by atoms with van der Waals surface area (Å²) in [6.45, 7) is 5.82. The highest BCUT2D eigenvalue weighted by molar-refractivity contribution is 7.99. The van der Waals surface area contributed by atoms with E-state index in [1.807, 2.05) is 11.8 Å². The first kappa shape index (κ1) is 14.6. The maximum absolute atomic E-state index is 12.4. The number of hydrogen-bond donors (Lipinski definition) is 0. The molecular weight excluding hydrogens is 282 g/mol. The monoisotopic (exact) mass is 299 g/mol. The third-order valence-corrected chi connectivity index (χ3v) is 4.29. The lowest BCUT2D eigenvalue weighted by Crippen LogP contribution is -2.38. The molecule has 1 aromatic heterocycles. The molecule has 0 saturated carbocycles. The zero-order chi connectivity index (χ0) is 13.8. The van der Waals surface area contributed by atoms with Gasteiger partial charge in [0.15, 0.2) is 10.9 Å². The Hall–Kier alpha value is -0.810. The Morgan fingerprint density at radius 3 is 2.84 bits per heavy atom. The molecule has 0 bridgehead atoms. The third-order valence-electron chi connectivity index (χ3n) is 3.27. The van der Waals surface area contributed by atoms with Gasteiger partial charge in [0.1, 0.15) is 0 Å². The third kappa shape index (κ3) is 3.60. The average Bonchev–Trinajstić information content (AvgIpc) is 2.41. The van der Waals surface area contributed by atoms with Gasteiger partial charge in [-0.3, -0.25) is 4.79 Å². The lowest BCUT2D eigenvalue weighted by Gasteiger charge is -2.30. The number of nitrogens with zero attached hydrogens (tertiary/aromatic N) is 3. The van der Waals surface area contributed by atoms with E-state index in [2.05, 4.69) is 16.9 Å². The molecule has 2 rings (SSSR count). The topological polar surface area (TPSA) is 46.1 Å². The molecule has 1 saturated heterocycles. The zero-order valence-corrected chi connectivity index (χ0v) is 12.8. The number of piperidine rings is 1. The van der Waals surface area contributed by atoms with Crippen molar-refractivity contribution in [1.82, 2.24) is 14.9 Å². The number of amides is 1. The van der Waals surface area contributed by atoms with Crippen LogP contribution in [-0.4, -0.2) is 39.6 Å². The SMILES string of the molecule is CCSc1ncc(Cl)c(C(=O)N2CCC(C)CC2)n1. The maximum Gasteiger partial charge on any atom is 0.274 e. The van der Waals surface area contributed by atoms with Crippen LogP contribution in [0.4, 0.5) is 0 Å². The Balaban J connectivity index is 2.15. The minimum absolute atomic E-state index is 0.0720. The van der Waals surface area contributed by atoms with E-state index in [9.17, 15) is 4.79 Å². The van der Waals surface area contributed by atoms with Crippen LogP contribution < -0.4 is 0 Å². The summed E-state index contributed by atoms with van der Waals surface area (Å²) in [6, 6.07) is 0. The van der Waals surface area contributed by atoms with Gasteiger partial charge < -0.3 is 4.90 Å². The standard InChI is InChI=1S/C13H18ClN3OS/c1-3-19-13-15-8-10(14)11(16-13)12(18)17-6-4-9(2)5-7-17/h8-9H,3-7H2,1-2H3. The predicted molar refractivity (Wildman–Crippen MR) is 77.7 cm³/mol. The molecule has 0 aromatic carbocycles. The van der Waals surface area contributed by atoms with Crippen molar-refractivity contribution >= 4 is 29.3 Å². The van der Waals surface area contributed by atoms with Crippen molar-refractivity contribution in [2.45, 2.75) is 31.8 Å². The molecule has 1 aromatic rings. The molecule has 0 unspecified atom stereocenters. The minimum atomic E-state index is -0.0720. The van der Waals surface area contributed by atoms with Crippen molar-refractivity contribution in [2.75, 3.05) is 18.8 Å². The van der Waals surface area contributed by atoms with E-state index in [0.29, 0.717) is 21.8 Å². The lowest BCUT2D eigenvalue weighted by atomic mass is 9.99. The van der Waals surface area contributed by atoms with Crippen LogP contribution in [0.3, 0.4) is 0 Å². The van der Waals surface area contributed by atoms with E-state index in [-0.39, 0.29) is 5.91 Å². The number of halogens is 1. The quantitative estimate of drug-likeness (QED) is 0.635.